The van der Waals surface area contributed by atoms with Crippen molar-refractivity contribution >= 4 is 17.2 Å². The number of rotatable bonds is 4. The van der Waals surface area contributed by atoms with Gasteiger partial charge < -0.3 is 10.2 Å². The molecular weight excluding hydrogens is 268 g/mol. The Morgan fingerprint density at radius 2 is 2.40 bits per heavy atom. The van der Waals surface area contributed by atoms with Gasteiger partial charge in [0, 0.05) is 36.3 Å². The van der Waals surface area contributed by atoms with Crippen LogP contribution in [0.25, 0.3) is 0 Å². The normalized spacial score (nSPS) is 26.3. The van der Waals surface area contributed by atoms with Crippen molar-refractivity contribution in [1.82, 2.24) is 10.2 Å². The quantitative estimate of drug-likeness (QED) is 0.925. The Bertz CT molecular complexity index is 437. The zero-order valence-electron chi connectivity index (χ0n) is 12.1. The Morgan fingerprint density at radius 3 is 3.15 bits per heavy atom. The highest BCUT2D eigenvalue weighted by Gasteiger charge is 2.40. The van der Waals surface area contributed by atoms with Crippen LogP contribution < -0.4 is 5.32 Å². The largest absolute Gasteiger partial charge is 0.342 e. The number of piperidine rings is 1. The van der Waals surface area contributed by atoms with E-state index in [1.807, 2.05) is 0 Å². The molecule has 20 heavy (non-hydrogen) atoms. The van der Waals surface area contributed by atoms with E-state index >= 15 is 0 Å². The lowest BCUT2D eigenvalue weighted by atomic mass is 9.80. The zero-order valence-corrected chi connectivity index (χ0v) is 12.9. The zero-order chi connectivity index (χ0) is 13.8. The average Bonchev–Trinajstić information content (AvgIpc) is 3.10. The SMILES string of the molecule is O=C(CCCc1cccs1)N1CCC2(CCCNC2)C1. The maximum absolute atomic E-state index is 12.3. The summed E-state index contributed by atoms with van der Waals surface area (Å²) in [6.45, 7) is 4.21. The third-order valence-electron chi connectivity index (χ3n) is 4.75. The number of thiophene rings is 1. The van der Waals surface area contributed by atoms with Crippen molar-refractivity contribution in [3.63, 3.8) is 0 Å². The van der Waals surface area contributed by atoms with Crippen LogP contribution in [-0.2, 0) is 11.2 Å². The highest BCUT2D eigenvalue weighted by Crippen LogP contribution is 2.36. The fraction of sp³-hybridized carbons (Fsp3) is 0.688. The lowest BCUT2D eigenvalue weighted by Gasteiger charge is -2.33. The first-order chi connectivity index (χ1) is 9.77. The van der Waals surface area contributed by atoms with Crippen molar-refractivity contribution in [1.29, 1.82) is 0 Å². The molecule has 2 fully saturated rings. The minimum Gasteiger partial charge on any atom is -0.342 e. The lowest BCUT2D eigenvalue weighted by Crippen LogP contribution is -2.42. The van der Waals surface area contributed by atoms with Crippen LogP contribution in [0.15, 0.2) is 17.5 Å². The van der Waals surface area contributed by atoms with Gasteiger partial charge in [0.15, 0.2) is 0 Å². The number of hydrogen-bond donors (Lipinski definition) is 1. The lowest BCUT2D eigenvalue weighted by molar-refractivity contribution is -0.130. The average molecular weight is 292 g/mol. The Morgan fingerprint density at radius 1 is 1.45 bits per heavy atom. The van der Waals surface area contributed by atoms with E-state index < -0.39 is 0 Å². The Balaban J connectivity index is 1.44. The van der Waals surface area contributed by atoms with Gasteiger partial charge >= 0.3 is 0 Å². The summed E-state index contributed by atoms with van der Waals surface area (Å²) in [5, 5.41) is 5.61. The summed E-state index contributed by atoms with van der Waals surface area (Å²) in [5.74, 6) is 0.365. The van der Waals surface area contributed by atoms with E-state index in [1.54, 1.807) is 11.3 Å². The van der Waals surface area contributed by atoms with Crippen LogP contribution in [0.4, 0.5) is 0 Å². The predicted molar refractivity (Wildman–Crippen MR) is 83.0 cm³/mol. The van der Waals surface area contributed by atoms with E-state index in [2.05, 4.69) is 27.7 Å². The van der Waals surface area contributed by atoms with Crippen LogP contribution in [0.5, 0.6) is 0 Å². The molecule has 0 bridgehead atoms. The van der Waals surface area contributed by atoms with Crippen molar-refractivity contribution in [2.75, 3.05) is 26.2 Å². The molecule has 3 heterocycles. The van der Waals surface area contributed by atoms with Gasteiger partial charge in [-0.15, -0.1) is 11.3 Å². The van der Waals surface area contributed by atoms with Crippen LogP contribution in [0, 0.1) is 5.41 Å². The summed E-state index contributed by atoms with van der Waals surface area (Å²) in [6, 6.07) is 4.25. The molecule has 4 heteroatoms. The highest BCUT2D eigenvalue weighted by molar-refractivity contribution is 7.09. The molecule has 0 aliphatic carbocycles. The van der Waals surface area contributed by atoms with E-state index in [0.29, 0.717) is 17.7 Å². The van der Waals surface area contributed by atoms with E-state index in [1.165, 1.54) is 24.1 Å². The number of carbonyl (C=O) groups is 1. The van der Waals surface area contributed by atoms with Crippen molar-refractivity contribution in [2.24, 2.45) is 5.41 Å². The first-order valence-electron chi connectivity index (χ1n) is 7.78. The van der Waals surface area contributed by atoms with Gasteiger partial charge in [-0.3, -0.25) is 4.79 Å². The number of hydrogen-bond acceptors (Lipinski definition) is 3. The molecule has 0 saturated carbocycles. The van der Waals surface area contributed by atoms with Gasteiger partial charge in [0.25, 0.3) is 0 Å². The fourth-order valence-electron chi connectivity index (χ4n) is 3.55. The van der Waals surface area contributed by atoms with Crippen molar-refractivity contribution in [2.45, 2.75) is 38.5 Å². The third kappa shape index (κ3) is 3.23. The van der Waals surface area contributed by atoms with E-state index in [9.17, 15) is 4.79 Å². The summed E-state index contributed by atoms with van der Waals surface area (Å²) in [6.07, 6.45) is 6.49. The van der Waals surface area contributed by atoms with Gasteiger partial charge in [-0.05, 0) is 50.1 Å². The van der Waals surface area contributed by atoms with Gasteiger partial charge in [-0.2, -0.15) is 0 Å². The number of aryl methyl sites for hydroxylation is 1. The van der Waals surface area contributed by atoms with Gasteiger partial charge in [0.05, 0.1) is 0 Å². The van der Waals surface area contributed by atoms with Gasteiger partial charge in [-0.1, -0.05) is 6.07 Å². The number of carbonyl (C=O) groups excluding carboxylic acids is 1. The van der Waals surface area contributed by atoms with Crippen LogP contribution in [-0.4, -0.2) is 37.0 Å². The number of nitrogens with zero attached hydrogens (tertiary/aromatic N) is 1. The molecule has 1 amide bonds. The molecule has 1 unspecified atom stereocenters. The number of likely N-dealkylation sites (tertiary alicyclic amines) is 1. The molecule has 0 radical (unpaired) electrons. The molecule has 110 valence electrons. The monoisotopic (exact) mass is 292 g/mol. The van der Waals surface area contributed by atoms with Crippen LogP contribution in [0.1, 0.15) is 37.0 Å². The number of amides is 1. The predicted octanol–water partition coefficient (Wildman–Crippen LogP) is 2.67. The summed E-state index contributed by atoms with van der Waals surface area (Å²) in [7, 11) is 0. The molecule has 2 saturated heterocycles. The van der Waals surface area contributed by atoms with Gasteiger partial charge in [0.2, 0.25) is 5.91 Å². The second-order valence-electron chi connectivity index (χ2n) is 6.28. The molecule has 3 rings (SSSR count). The van der Waals surface area contributed by atoms with E-state index in [-0.39, 0.29) is 0 Å². The molecule has 2 aliphatic heterocycles. The maximum atomic E-state index is 12.3. The molecule has 1 N–H and O–H groups in total. The minimum absolute atomic E-state index is 0.365. The summed E-state index contributed by atoms with van der Waals surface area (Å²) >= 11 is 1.79. The van der Waals surface area contributed by atoms with Gasteiger partial charge in [0.1, 0.15) is 0 Å². The molecule has 2 aliphatic rings. The van der Waals surface area contributed by atoms with Crippen molar-refractivity contribution < 1.29 is 4.79 Å². The molecule has 1 aromatic rings. The Kier molecular flexibility index (Phi) is 4.41. The molecular formula is C16H24N2OS. The first-order valence-corrected chi connectivity index (χ1v) is 8.66. The van der Waals surface area contributed by atoms with Crippen molar-refractivity contribution in [3.05, 3.63) is 22.4 Å². The third-order valence-corrected chi connectivity index (χ3v) is 5.68. The molecule has 1 atom stereocenters. The van der Waals surface area contributed by atoms with Crippen LogP contribution in [0.2, 0.25) is 0 Å². The minimum atomic E-state index is 0.365. The first kappa shape index (κ1) is 14.1. The Labute approximate surface area is 125 Å². The molecule has 3 nitrogen and oxygen atoms in total. The van der Waals surface area contributed by atoms with Crippen LogP contribution in [0.3, 0.4) is 0 Å². The van der Waals surface area contributed by atoms with E-state index in [4.69, 9.17) is 0 Å². The topological polar surface area (TPSA) is 32.3 Å². The number of nitrogens with one attached hydrogen (secondary N) is 1. The molecule has 1 aromatic heterocycles. The second kappa shape index (κ2) is 6.27. The van der Waals surface area contributed by atoms with Crippen LogP contribution >= 0.6 is 11.3 Å². The van der Waals surface area contributed by atoms with Gasteiger partial charge in [-0.25, -0.2) is 0 Å². The van der Waals surface area contributed by atoms with E-state index in [0.717, 1.165) is 39.0 Å². The highest BCUT2D eigenvalue weighted by atomic mass is 32.1. The second-order valence-corrected chi connectivity index (χ2v) is 7.31. The molecule has 1 spiro atoms. The summed E-state index contributed by atoms with van der Waals surface area (Å²) in [4.78, 5) is 15.8. The fourth-order valence-corrected chi connectivity index (χ4v) is 4.30. The smallest absolute Gasteiger partial charge is 0.222 e. The standard InChI is InChI=1S/C16H24N2OS/c19-15(6-1-4-14-5-2-11-20-14)18-10-8-16(13-18)7-3-9-17-12-16/h2,5,11,17H,1,3-4,6-10,12-13H2. The molecule has 0 aromatic carbocycles. The maximum Gasteiger partial charge on any atom is 0.222 e. The summed E-state index contributed by atoms with van der Waals surface area (Å²) in [5.41, 5.74) is 0.391. The summed E-state index contributed by atoms with van der Waals surface area (Å²) < 4.78 is 0. The Hall–Kier alpha value is -0.870. The van der Waals surface area contributed by atoms with Crippen molar-refractivity contribution in [3.8, 4) is 0 Å².